The van der Waals surface area contributed by atoms with Crippen LogP contribution in [0.4, 0.5) is 0 Å². The second-order valence-corrected chi connectivity index (χ2v) is 4.68. The van der Waals surface area contributed by atoms with E-state index in [2.05, 4.69) is 10.6 Å². The zero-order valence-corrected chi connectivity index (χ0v) is 11.9. The molecule has 4 heteroatoms. The smallest absolute Gasteiger partial charge is 0.251 e. The van der Waals surface area contributed by atoms with Gasteiger partial charge in [-0.3, -0.25) is 9.59 Å². The fourth-order valence-electron chi connectivity index (χ4n) is 1.96. The van der Waals surface area contributed by atoms with Gasteiger partial charge in [-0.2, -0.15) is 0 Å². The van der Waals surface area contributed by atoms with Crippen molar-refractivity contribution >= 4 is 11.8 Å². The van der Waals surface area contributed by atoms with Crippen LogP contribution in [0.15, 0.2) is 54.6 Å². The summed E-state index contributed by atoms with van der Waals surface area (Å²) in [5.74, 6) is -0.239. The van der Waals surface area contributed by atoms with Gasteiger partial charge in [-0.1, -0.05) is 42.5 Å². The molecule has 0 spiro atoms. The molecule has 0 aliphatic carbocycles. The largest absolute Gasteiger partial charge is 0.355 e. The van der Waals surface area contributed by atoms with Crippen LogP contribution in [0.2, 0.25) is 0 Å². The molecule has 2 rings (SSSR count). The summed E-state index contributed by atoms with van der Waals surface area (Å²) in [6.45, 7) is 2.30. The lowest BCUT2D eigenvalue weighted by Crippen LogP contribution is -2.33. The van der Waals surface area contributed by atoms with Crippen LogP contribution in [-0.4, -0.2) is 24.9 Å². The Balaban J connectivity index is 1.93. The Morgan fingerprint density at radius 1 is 0.810 bits per heavy atom. The first kappa shape index (κ1) is 14.8. The summed E-state index contributed by atoms with van der Waals surface area (Å²) in [4.78, 5) is 22.6. The molecule has 0 radical (unpaired) electrons. The molecule has 2 aromatic carbocycles. The van der Waals surface area contributed by atoms with Crippen LogP contribution in [0.5, 0.6) is 0 Å². The van der Waals surface area contributed by atoms with Crippen molar-refractivity contribution in [2.75, 3.05) is 13.1 Å². The lowest BCUT2D eigenvalue weighted by molar-refractivity contribution is -0.118. The SMILES string of the molecule is CC(=O)NCCNC(=O)c1ccc(-c2ccccc2)cc1. The van der Waals surface area contributed by atoms with E-state index in [9.17, 15) is 9.59 Å². The first-order valence-electron chi connectivity index (χ1n) is 6.85. The maximum absolute atomic E-state index is 11.9. The lowest BCUT2D eigenvalue weighted by atomic mass is 10.0. The van der Waals surface area contributed by atoms with Crippen molar-refractivity contribution in [2.45, 2.75) is 6.92 Å². The number of amides is 2. The van der Waals surface area contributed by atoms with Crippen molar-refractivity contribution < 1.29 is 9.59 Å². The van der Waals surface area contributed by atoms with Gasteiger partial charge < -0.3 is 10.6 Å². The Morgan fingerprint density at radius 2 is 1.38 bits per heavy atom. The average Bonchev–Trinajstić information content (AvgIpc) is 2.52. The van der Waals surface area contributed by atoms with Crippen molar-refractivity contribution in [1.82, 2.24) is 10.6 Å². The first-order valence-corrected chi connectivity index (χ1v) is 6.85. The fraction of sp³-hybridized carbons (Fsp3) is 0.176. The normalized spacial score (nSPS) is 9.95. The molecule has 2 amide bonds. The average molecular weight is 282 g/mol. The van der Waals surface area contributed by atoms with Crippen LogP contribution < -0.4 is 10.6 Å². The molecule has 0 atom stereocenters. The monoisotopic (exact) mass is 282 g/mol. The topological polar surface area (TPSA) is 58.2 Å². The predicted molar refractivity (Wildman–Crippen MR) is 82.9 cm³/mol. The van der Waals surface area contributed by atoms with Gasteiger partial charge in [0.15, 0.2) is 0 Å². The minimum atomic E-state index is -0.139. The Labute approximate surface area is 124 Å². The van der Waals surface area contributed by atoms with E-state index >= 15 is 0 Å². The van der Waals surface area contributed by atoms with Crippen LogP contribution in [0.1, 0.15) is 17.3 Å². The molecule has 0 aromatic heterocycles. The van der Waals surface area contributed by atoms with Gasteiger partial charge in [0.1, 0.15) is 0 Å². The van der Waals surface area contributed by atoms with E-state index in [1.165, 1.54) is 6.92 Å². The molecule has 2 aromatic rings. The molecule has 0 saturated heterocycles. The van der Waals surface area contributed by atoms with Crippen LogP contribution in [-0.2, 0) is 4.79 Å². The molecule has 4 nitrogen and oxygen atoms in total. The Kier molecular flexibility index (Phi) is 5.10. The van der Waals surface area contributed by atoms with Gasteiger partial charge in [0.25, 0.3) is 5.91 Å². The van der Waals surface area contributed by atoms with E-state index in [-0.39, 0.29) is 11.8 Å². The van der Waals surface area contributed by atoms with Gasteiger partial charge in [-0.15, -0.1) is 0 Å². The molecule has 0 unspecified atom stereocenters. The highest BCUT2D eigenvalue weighted by molar-refractivity contribution is 5.94. The summed E-state index contributed by atoms with van der Waals surface area (Å²) in [5, 5.41) is 5.39. The van der Waals surface area contributed by atoms with E-state index in [4.69, 9.17) is 0 Å². The minimum Gasteiger partial charge on any atom is -0.355 e. The molecule has 0 bridgehead atoms. The number of carbonyl (C=O) groups excluding carboxylic acids is 2. The summed E-state index contributed by atoms with van der Waals surface area (Å²) in [6, 6.07) is 17.5. The second kappa shape index (κ2) is 7.24. The zero-order valence-electron chi connectivity index (χ0n) is 11.9. The number of nitrogens with one attached hydrogen (secondary N) is 2. The molecule has 0 aliphatic heterocycles. The van der Waals surface area contributed by atoms with Crippen molar-refractivity contribution in [2.24, 2.45) is 0 Å². The standard InChI is InChI=1S/C17H18N2O2/c1-13(20)18-11-12-19-17(21)16-9-7-15(8-10-16)14-5-3-2-4-6-14/h2-10H,11-12H2,1H3,(H,18,20)(H,19,21). The Morgan fingerprint density at radius 3 is 2.00 bits per heavy atom. The third-order valence-corrected chi connectivity index (χ3v) is 3.04. The molecule has 0 heterocycles. The summed E-state index contributed by atoms with van der Waals surface area (Å²) in [5.41, 5.74) is 2.80. The van der Waals surface area contributed by atoms with E-state index in [1.54, 1.807) is 12.1 Å². The quantitative estimate of drug-likeness (QED) is 0.826. The van der Waals surface area contributed by atoms with Crippen molar-refractivity contribution in [3.05, 3.63) is 60.2 Å². The van der Waals surface area contributed by atoms with E-state index in [0.717, 1.165) is 11.1 Å². The van der Waals surface area contributed by atoms with Crippen LogP contribution >= 0.6 is 0 Å². The molecule has 21 heavy (non-hydrogen) atoms. The molecule has 108 valence electrons. The zero-order chi connectivity index (χ0) is 15.1. The van der Waals surface area contributed by atoms with Gasteiger partial charge in [0.2, 0.25) is 5.91 Å². The summed E-state index contributed by atoms with van der Waals surface area (Å²) < 4.78 is 0. The first-order chi connectivity index (χ1) is 10.2. The van der Waals surface area contributed by atoms with Crippen LogP contribution in [0.25, 0.3) is 11.1 Å². The summed E-state index contributed by atoms with van der Waals surface area (Å²) in [6.07, 6.45) is 0. The minimum absolute atomic E-state index is 0.100. The number of hydrogen-bond donors (Lipinski definition) is 2. The third-order valence-electron chi connectivity index (χ3n) is 3.04. The highest BCUT2D eigenvalue weighted by atomic mass is 16.2. The number of carbonyl (C=O) groups is 2. The maximum Gasteiger partial charge on any atom is 0.251 e. The lowest BCUT2D eigenvalue weighted by Gasteiger charge is -2.07. The van der Waals surface area contributed by atoms with Gasteiger partial charge in [0.05, 0.1) is 0 Å². The molecular formula is C17H18N2O2. The molecular weight excluding hydrogens is 264 g/mol. The molecule has 0 aliphatic rings. The predicted octanol–water partition coefficient (Wildman–Crippen LogP) is 2.22. The molecule has 0 fully saturated rings. The third kappa shape index (κ3) is 4.45. The van der Waals surface area contributed by atoms with Crippen molar-refractivity contribution in [3.63, 3.8) is 0 Å². The second-order valence-electron chi connectivity index (χ2n) is 4.68. The summed E-state index contributed by atoms with van der Waals surface area (Å²) in [7, 11) is 0. The summed E-state index contributed by atoms with van der Waals surface area (Å²) >= 11 is 0. The van der Waals surface area contributed by atoms with Gasteiger partial charge >= 0.3 is 0 Å². The number of hydrogen-bond acceptors (Lipinski definition) is 2. The number of benzene rings is 2. The highest BCUT2D eigenvalue weighted by Gasteiger charge is 2.05. The maximum atomic E-state index is 11.9. The van der Waals surface area contributed by atoms with Crippen molar-refractivity contribution in [1.29, 1.82) is 0 Å². The fourth-order valence-corrected chi connectivity index (χ4v) is 1.96. The van der Waals surface area contributed by atoms with E-state index in [0.29, 0.717) is 18.7 Å². The Bertz CT molecular complexity index is 606. The van der Waals surface area contributed by atoms with E-state index in [1.807, 2.05) is 42.5 Å². The van der Waals surface area contributed by atoms with Gasteiger partial charge in [0, 0.05) is 25.6 Å². The van der Waals surface area contributed by atoms with Gasteiger partial charge in [-0.05, 0) is 23.3 Å². The Hall–Kier alpha value is -2.62. The van der Waals surface area contributed by atoms with Crippen LogP contribution in [0, 0.1) is 0 Å². The van der Waals surface area contributed by atoms with E-state index < -0.39 is 0 Å². The van der Waals surface area contributed by atoms with Crippen molar-refractivity contribution in [3.8, 4) is 11.1 Å². The molecule has 2 N–H and O–H groups in total. The number of rotatable bonds is 5. The highest BCUT2D eigenvalue weighted by Crippen LogP contribution is 2.19. The van der Waals surface area contributed by atoms with Gasteiger partial charge in [-0.25, -0.2) is 0 Å². The molecule has 0 saturated carbocycles. The van der Waals surface area contributed by atoms with Crippen LogP contribution in [0.3, 0.4) is 0 Å².